The van der Waals surface area contributed by atoms with Gasteiger partial charge in [0.25, 0.3) is 0 Å². The minimum Gasteiger partial charge on any atom is -0.377 e. The number of rotatable bonds is 2. The lowest BCUT2D eigenvalue weighted by Gasteiger charge is -2.36. The number of hydrogen-bond acceptors (Lipinski definition) is 4. The molecule has 0 N–H and O–H groups in total. The Balaban J connectivity index is 2.24. The topological polar surface area (TPSA) is 38.2 Å². The summed E-state index contributed by atoms with van der Waals surface area (Å²) in [6.45, 7) is 4.46. The van der Waals surface area contributed by atoms with Crippen LogP contribution >= 0.6 is 11.6 Å². The first-order valence-corrected chi connectivity index (χ1v) is 5.50. The van der Waals surface area contributed by atoms with E-state index in [-0.39, 0.29) is 0 Å². The molecule has 4 nitrogen and oxygen atoms in total. The molecule has 1 aliphatic heterocycles. The second-order valence-electron chi connectivity index (χ2n) is 3.52. The highest BCUT2D eigenvalue weighted by molar-refractivity contribution is 6.32. The van der Waals surface area contributed by atoms with Gasteiger partial charge in [0.2, 0.25) is 0 Å². The van der Waals surface area contributed by atoms with Crippen LogP contribution in [0.4, 0.5) is 5.82 Å². The summed E-state index contributed by atoms with van der Waals surface area (Å²) < 4.78 is 5.44. The molecule has 1 atom stereocenters. The fourth-order valence-electron chi connectivity index (χ4n) is 1.79. The molecule has 5 heteroatoms. The molecule has 0 saturated carbocycles. The second-order valence-corrected chi connectivity index (χ2v) is 3.93. The van der Waals surface area contributed by atoms with Gasteiger partial charge >= 0.3 is 0 Å². The van der Waals surface area contributed by atoms with Crippen LogP contribution in [0.25, 0.3) is 0 Å². The lowest BCUT2D eigenvalue weighted by Crippen LogP contribution is -2.45. The molecule has 1 unspecified atom stereocenters. The monoisotopic (exact) mass is 227 g/mol. The number of anilines is 1. The van der Waals surface area contributed by atoms with E-state index in [1.807, 2.05) is 0 Å². The molecule has 1 fully saturated rings. The first kappa shape index (κ1) is 10.6. The molecule has 0 amide bonds. The number of halogens is 1. The van der Waals surface area contributed by atoms with E-state index in [2.05, 4.69) is 21.8 Å². The van der Waals surface area contributed by atoms with Crippen molar-refractivity contribution in [1.82, 2.24) is 9.97 Å². The second kappa shape index (κ2) is 4.77. The highest BCUT2D eigenvalue weighted by Crippen LogP contribution is 2.25. The molecule has 2 rings (SSSR count). The number of ether oxygens (including phenoxy) is 1. The highest BCUT2D eigenvalue weighted by Gasteiger charge is 2.24. The Bertz CT molecular complexity index is 334. The van der Waals surface area contributed by atoms with Gasteiger partial charge < -0.3 is 9.64 Å². The van der Waals surface area contributed by atoms with E-state index in [9.17, 15) is 0 Å². The molecule has 2 heterocycles. The van der Waals surface area contributed by atoms with Crippen LogP contribution in [0, 0.1) is 0 Å². The van der Waals surface area contributed by atoms with Gasteiger partial charge in [0.05, 0.1) is 25.5 Å². The molecule has 1 aromatic rings. The summed E-state index contributed by atoms with van der Waals surface area (Å²) in [6.07, 6.45) is 4.19. The maximum atomic E-state index is 6.07. The van der Waals surface area contributed by atoms with E-state index >= 15 is 0 Å². The van der Waals surface area contributed by atoms with Crippen molar-refractivity contribution in [3.8, 4) is 0 Å². The SMILES string of the molecule is CCC1COCCN1c1ncncc1Cl. The molecule has 0 spiro atoms. The van der Waals surface area contributed by atoms with Gasteiger partial charge in [0.1, 0.15) is 11.3 Å². The molecule has 15 heavy (non-hydrogen) atoms. The molecule has 0 aromatic carbocycles. The Kier molecular flexibility index (Phi) is 3.38. The van der Waals surface area contributed by atoms with E-state index in [1.54, 1.807) is 6.20 Å². The third-order valence-corrected chi connectivity index (χ3v) is 2.89. The Hall–Kier alpha value is -0.870. The highest BCUT2D eigenvalue weighted by atomic mass is 35.5. The van der Waals surface area contributed by atoms with Gasteiger partial charge in [-0.2, -0.15) is 0 Å². The van der Waals surface area contributed by atoms with Gasteiger partial charge in [-0.1, -0.05) is 18.5 Å². The van der Waals surface area contributed by atoms with Crippen LogP contribution in [0.15, 0.2) is 12.5 Å². The van der Waals surface area contributed by atoms with Crippen LogP contribution in [0.5, 0.6) is 0 Å². The number of hydrogen-bond donors (Lipinski definition) is 0. The molecular formula is C10H14ClN3O. The molecule has 1 aromatic heterocycles. The van der Waals surface area contributed by atoms with Gasteiger partial charge in [0.15, 0.2) is 5.82 Å². The summed E-state index contributed by atoms with van der Waals surface area (Å²) in [6, 6.07) is 0.367. The van der Waals surface area contributed by atoms with Crippen LogP contribution in [-0.2, 0) is 4.74 Å². The van der Waals surface area contributed by atoms with Crippen LogP contribution in [-0.4, -0.2) is 35.8 Å². The molecule has 0 bridgehead atoms. The molecular weight excluding hydrogens is 214 g/mol. The summed E-state index contributed by atoms with van der Waals surface area (Å²) in [5.74, 6) is 0.821. The van der Waals surface area contributed by atoms with Gasteiger partial charge in [-0.15, -0.1) is 0 Å². The Morgan fingerprint density at radius 2 is 2.53 bits per heavy atom. The smallest absolute Gasteiger partial charge is 0.151 e. The quantitative estimate of drug-likeness (QED) is 0.772. The van der Waals surface area contributed by atoms with Crippen LogP contribution in [0.1, 0.15) is 13.3 Å². The number of nitrogens with zero attached hydrogens (tertiary/aromatic N) is 3. The van der Waals surface area contributed by atoms with Crippen LogP contribution in [0.2, 0.25) is 5.02 Å². The summed E-state index contributed by atoms with van der Waals surface area (Å²) >= 11 is 6.07. The Labute approximate surface area is 94.2 Å². The maximum absolute atomic E-state index is 6.07. The van der Waals surface area contributed by atoms with Crippen molar-refractivity contribution in [1.29, 1.82) is 0 Å². The minimum atomic E-state index is 0.367. The van der Waals surface area contributed by atoms with Crippen molar-refractivity contribution in [2.45, 2.75) is 19.4 Å². The maximum Gasteiger partial charge on any atom is 0.151 e. The van der Waals surface area contributed by atoms with E-state index < -0.39 is 0 Å². The zero-order chi connectivity index (χ0) is 10.7. The third kappa shape index (κ3) is 2.21. The number of morpholine rings is 1. The van der Waals surface area contributed by atoms with E-state index in [4.69, 9.17) is 16.3 Å². The first-order valence-electron chi connectivity index (χ1n) is 5.12. The summed E-state index contributed by atoms with van der Waals surface area (Å²) in [4.78, 5) is 10.3. The van der Waals surface area contributed by atoms with Crippen molar-refractivity contribution >= 4 is 17.4 Å². The zero-order valence-electron chi connectivity index (χ0n) is 8.69. The minimum absolute atomic E-state index is 0.367. The fourth-order valence-corrected chi connectivity index (χ4v) is 2.00. The van der Waals surface area contributed by atoms with E-state index in [0.29, 0.717) is 11.1 Å². The van der Waals surface area contributed by atoms with Crippen molar-refractivity contribution in [2.75, 3.05) is 24.7 Å². The van der Waals surface area contributed by atoms with Gasteiger partial charge in [0, 0.05) is 6.54 Å². The van der Waals surface area contributed by atoms with Crippen LogP contribution < -0.4 is 4.90 Å². The third-order valence-electron chi connectivity index (χ3n) is 2.62. The molecule has 82 valence electrons. The predicted octanol–water partition coefficient (Wildman–Crippen LogP) is 1.75. The molecule has 1 saturated heterocycles. The largest absolute Gasteiger partial charge is 0.377 e. The standard InChI is InChI=1S/C10H14ClN3O/c1-2-8-6-15-4-3-14(8)10-9(11)5-12-7-13-10/h5,7-8H,2-4,6H2,1H3. The fraction of sp³-hybridized carbons (Fsp3) is 0.600. The normalized spacial score (nSPS) is 21.7. The van der Waals surface area contributed by atoms with Crippen LogP contribution in [0.3, 0.4) is 0 Å². The average Bonchev–Trinajstić information content (AvgIpc) is 2.30. The van der Waals surface area contributed by atoms with Gasteiger partial charge in [-0.25, -0.2) is 9.97 Å². The summed E-state index contributed by atoms with van der Waals surface area (Å²) in [5.41, 5.74) is 0. The molecule has 1 aliphatic rings. The summed E-state index contributed by atoms with van der Waals surface area (Å²) in [5, 5.41) is 0.609. The van der Waals surface area contributed by atoms with E-state index in [1.165, 1.54) is 6.33 Å². The van der Waals surface area contributed by atoms with Crippen molar-refractivity contribution in [3.05, 3.63) is 17.5 Å². The van der Waals surface area contributed by atoms with Crippen molar-refractivity contribution in [3.63, 3.8) is 0 Å². The number of aromatic nitrogens is 2. The van der Waals surface area contributed by atoms with Gasteiger partial charge in [-0.05, 0) is 6.42 Å². The van der Waals surface area contributed by atoms with Gasteiger partial charge in [-0.3, -0.25) is 0 Å². The first-order chi connectivity index (χ1) is 7.33. The average molecular weight is 228 g/mol. The van der Waals surface area contributed by atoms with Crippen molar-refractivity contribution < 1.29 is 4.74 Å². The summed E-state index contributed by atoms with van der Waals surface area (Å²) in [7, 11) is 0. The zero-order valence-corrected chi connectivity index (χ0v) is 9.44. The van der Waals surface area contributed by atoms with Crippen molar-refractivity contribution in [2.24, 2.45) is 0 Å². The molecule has 0 aliphatic carbocycles. The Morgan fingerprint density at radius 1 is 1.67 bits per heavy atom. The van der Waals surface area contributed by atoms with E-state index in [0.717, 1.165) is 32.0 Å². The lowest BCUT2D eigenvalue weighted by atomic mass is 10.2. The Morgan fingerprint density at radius 3 is 3.27 bits per heavy atom. The predicted molar refractivity (Wildman–Crippen MR) is 59.3 cm³/mol. The lowest BCUT2D eigenvalue weighted by molar-refractivity contribution is 0.0925. The molecule has 0 radical (unpaired) electrons.